The standard InChI is InChI=1S/C13H20N4O3/c1-9(2)11-6-10(15-20-11)7-16(3)12(18)8-17-5-4-14-13(17)19/h6,9H,4-5,7-8H2,1-3H3,(H,14,19). The second-order valence-electron chi connectivity index (χ2n) is 5.28. The fourth-order valence-corrected chi connectivity index (χ4v) is 1.95. The molecule has 2 rings (SSSR count). The van der Waals surface area contributed by atoms with Gasteiger partial charge in [0, 0.05) is 32.1 Å². The molecule has 0 aliphatic carbocycles. The van der Waals surface area contributed by atoms with E-state index < -0.39 is 0 Å². The highest BCUT2D eigenvalue weighted by atomic mass is 16.5. The molecule has 1 N–H and O–H groups in total. The number of nitrogens with zero attached hydrogens (tertiary/aromatic N) is 3. The molecular weight excluding hydrogens is 260 g/mol. The summed E-state index contributed by atoms with van der Waals surface area (Å²) in [4.78, 5) is 26.5. The van der Waals surface area contributed by atoms with Gasteiger partial charge < -0.3 is 19.6 Å². The van der Waals surface area contributed by atoms with E-state index in [2.05, 4.69) is 10.5 Å². The van der Waals surface area contributed by atoms with Gasteiger partial charge in [0.2, 0.25) is 5.91 Å². The van der Waals surface area contributed by atoms with Crippen LogP contribution in [0.25, 0.3) is 0 Å². The lowest BCUT2D eigenvalue weighted by molar-refractivity contribution is -0.130. The molecule has 1 saturated heterocycles. The van der Waals surface area contributed by atoms with Gasteiger partial charge in [-0.1, -0.05) is 19.0 Å². The number of nitrogens with one attached hydrogen (secondary N) is 1. The molecule has 3 amide bonds. The first kappa shape index (κ1) is 14.4. The Morgan fingerprint density at radius 1 is 1.60 bits per heavy atom. The lowest BCUT2D eigenvalue weighted by Crippen LogP contribution is -2.39. The zero-order valence-corrected chi connectivity index (χ0v) is 12.0. The Labute approximate surface area is 117 Å². The first-order valence-corrected chi connectivity index (χ1v) is 6.69. The van der Waals surface area contributed by atoms with E-state index >= 15 is 0 Å². The number of urea groups is 1. The number of rotatable bonds is 5. The van der Waals surface area contributed by atoms with Gasteiger partial charge in [0.1, 0.15) is 18.0 Å². The maximum atomic E-state index is 12.0. The van der Waals surface area contributed by atoms with E-state index in [9.17, 15) is 9.59 Å². The third-order valence-electron chi connectivity index (χ3n) is 3.24. The van der Waals surface area contributed by atoms with Crippen LogP contribution in [0, 0.1) is 0 Å². The summed E-state index contributed by atoms with van der Waals surface area (Å²) in [5.74, 6) is 0.960. The molecule has 0 saturated carbocycles. The van der Waals surface area contributed by atoms with Crippen molar-refractivity contribution in [3.8, 4) is 0 Å². The molecule has 7 heteroatoms. The summed E-state index contributed by atoms with van der Waals surface area (Å²) in [6.07, 6.45) is 0. The van der Waals surface area contributed by atoms with Crippen molar-refractivity contribution < 1.29 is 14.1 Å². The molecule has 7 nitrogen and oxygen atoms in total. The average molecular weight is 280 g/mol. The van der Waals surface area contributed by atoms with Crippen LogP contribution in [0.1, 0.15) is 31.2 Å². The Bertz CT molecular complexity index is 498. The van der Waals surface area contributed by atoms with E-state index in [0.29, 0.717) is 19.6 Å². The quantitative estimate of drug-likeness (QED) is 0.864. The monoisotopic (exact) mass is 280 g/mol. The molecule has 0 unspecified atom stereocenters. The molecule has 1 aromatic rings. The van der Waals surface area contributed by atoms with Crippen LogP contribution < -0.4 is 5.32 Å². The lowest BCUT2D eigenvalue weighted by Gasteiger charge is -2.19. The fourth-order valence-electron chi connectivity index (χ4n) is 1.95. The van der Waals surface area contributed by atoms with Crippen molar-refractivity contribution in [2.45, 2.75) is 26.3 Å². The number of hydrogen-bond donors (Lipinski definition) is 1. The zero-order valence-electron chi connectivity index (χ0n) is 12.0. The number of likely N-dealkylation sites (N-methyl/N-ethyl adjacent to an activating group) is 1. The number of amides is 3. The second-order valence-corrected chi connectivity index (χ2v) is 5.28. The highest BCUT2D eigenvalue weighted by molar-refractivity contribution is 5.84. The predicted octanol–water partition coefficient (Wildman–Crippen LogP) is 0.782. The zero-order chi connectivity index (χ0) is 14.7. The third kappa shape index (κ3) is 3.28. The summed E-state index contributed by atoms with van der Waals surface area (Å²) in [7, 11) is 1.69. The van der Waals surface area contributed by atoms with Crippen LogP contribution >= 0.6 is 0 Å². The van der Waals surface area contributed by atoms with Crippen molar-refractivity contribution in [2.75, 3.05) is 26.7 Å². The van der Waals surface area contributed by atoms with E-state index in [-0.39, 0.29) is 24.4 Å². The van der Waals surface area contributed by atoms with Crippen molar-refractivity contribution >= 4 is 11.9 Å². The van der Waals surface area contributed by atoms with Crippen molar-refractivity contribution in [3.63, 3.8) is 0 Å². The molecule has 1 aliphatic rings. The van der Waals surface area contributed by atoms with Crippen molar-refractivity contribution in [1.29, 1.82) is 0 Å². The molecular formula is C13H20N4O3. The molecule has 1 aliphatic heterocycles. The van der Waals surface area contributed by atoms with Gasteiger partial charge in [0.15, 0.2) is 0 Å². The molecule has 2 heterocycles. The van der Waals surface area contributed by atoms with Crippen molar-refractivity contribution in [1.82, 2.24) is 20.3 Å². The number of carbonyl (C=O) groups is 2. The van der Waals surface area contributed by atoms with Gasteiger partial charge in [-0.05, 0) is 0 Å². The summed E-state index contributed by atoms with van der Waals surface area (Å²) in [6.45, 7) is 5.68. The smallest absolute Gasteiger partial charge is 0.317 e. The molecule has 110 valence electrons. The van der Waals surface area contributed by atoms with Crippen LogP contribution in [0.15, 0.2) is 10.6 Å². The largest absolute Gasteiger partial charge is 0.361 e. The van der Waals surface area contributed by atoms with Crippen LogP contribution in [0.3, 0.4) is 0 Å². The number of hydrogen-bond acceptors (Lipinski definition) is 4. The maximum absolute atomic E-state index is 12.0. The van der Waals surface area contributed by atoms with E-state index in [4.69, 9.17) is 4.52 Å². The van der Waals surface area contributed by atoms with Crippen molar-refractivity contribution in [3.05, 3.63) is 17.5 Å². The highest BCUT2D eigenvalue weighted by Crippen LogP contribution is 2.15. The number of aromatic nitrogens is 1. The second kappa shape index (κ2) is 5.94. The molecule has 0 atom stereocenters. The van der Waals surface area contributed by atoms with Gasteiger partial charge in [0.05, 0.1) is 6.54 Å². The van der Waals surface area contributed by atoms with E-state index in [1.54, 1.807) is 11.9 Å². The minimum Gasteiger partial charge on any atom is -0.361 e. The number of carbonyl (C=O) groups excluding carboxylic acids is 2. The Balaban J connectivity index is 1.88. The van der Waals surface area contributed by atoms with Crippen LogP contribution in [-0.4, -0.2) is 53.6 Å². The van der Waals surface area contributed by atoms with Gasteiger partial charge in [-0.3, -0.25) is 4.79 Å². The van der Waals surface area contributed by atoms with Crippen molar-refractivity contribution in [2.24, 2.45) is 0 Å². The van der Waals surface area contributed by atoms with Gasteiger partial charge in [0.25, 0.3) is 0 Å². The lowest BCUT2D eigenvalue weighted by atomic mass is 10.1. The van der Waals surface area contributed by atoms with Crippen LogP contribution in [0.5, 0.6) is 0 Å². The third-order valence-corrected chi connectivity index (χ3v) is 3.24. The van der Waals surface area contributed by atoms with E-state index in [0.717, 1.165) is 11.5 Å². The topological polar surface area (TPSA) is 78.7 Å². The predicted molar refractivity (Wildman–Crippen MR) is 72.0 cm³/mol. The Kier molecular flexibility index (Phi) is 4.26. The molecule has 0 aromatic carbocycles. The van der Waals surface area contributed by atoms with Crippen LogP contribution in [0.2, 0.25) is 0 Å². The molecule has 1 fully saturated rings. The van der Waals surface area contributed by atoms with Crippen LogP contribution in [0.4, 0.5) is 4.79 Å². The van der Waals surface area contributed by atoms with E-state index in [1.165, 1.54) is 4.90 Å². The fraction of sp³-hybridized carbons (Fsp3) is 0.615. The Morgan fingerprint density at radius 2 is 2.35 bits per heavy atom. The van der Waals surface area contributed by atoms with Gasteiger partial charge in [-0.15, -0.1) is 0 Å². The minimum atomic E-state index is -0.185. The first-order chi connectivity index (χ1) is 9.47. The van der Waals surface area contributed by atoms with Gasteiger partial charge >= 0.3 is 6.03 Å². The Morgan fingerprint density at radius 3 is 2.90 bits per heavy atom. The molecule has 0 spiro atoms. The van der Waals surface area contributed by atoms with Crippen LogP contribution in [-0.2, 0) is 11.3 Å². The average Bonchev–Trinajstić information content (AvgIpc) is 2.99. The van der Waals surface area contributed by atoms with Gasteiger partial charge in [-0.2, -0.15) is 0 Å². The first-order valence-electron chi connectivity index (χ1n) is 6.69. The molecule has 0 radical (unpaired) electrons. The highest BCUT2D eigenvalue weighted by Gasteiger charge is 2.23. The Hall–Kier alpha value is -2.05. The summed E-state index contributed by atoms with van der Waals surface area (Å²) in [5.41, 5.74) is 0.718. The maximum Gasteiger partial charge on any atom is 0.317 e. The minimum absolute atomic E-state index is 0.0945. The molecule has 20 heavy (non-hydrogen) atoms. The summed E-state index contributed by atoms with van der Waals surface area (Å²) < 4.78 is 5.19. The normalized spacial score (nSPS) is 14.8. The summed E-state index contributed by atoms with van der Waals surface area (Å²) in [5, 5.41) is 6.61. The molecule has 1 aromatic heterocycles. The SMILES string of the molecule is CC(C)c1cc(CN(C)C(=O)CN2CCNC2=O)no1. The summed E-state index contributed by atoms with van der Waals surface area (Å²) in [6, 6.07) is 1.67. The summed E-state index contributed by atoms with van der Waals surface area (Å²) >= 11 is 0. The van der Waals surface area contributed by atoms with Gasteiger partial charge in [-0.25, -0.2) is 4.79 Å². The molecule has 0 bridgehead atoms. The van der Waals surface area contributed by atoms with E-state index in [1.807, 2.05) is 19.9 Å².